The summed E-state index contributed by atoms with van der Waals surface area (Å²) in [6.07, 6.45) is 0.0230. The lowest BCUT2D eigenvalue weighted by atomic mass is 9.97. The number of carboxylic acids is 1. The van der Waals surface area contributed by atoms with Crippen LogP contribution in [-0.4, -0.2) is 16.2 Å². The fourth-order valence-electron chi connectivity index (χ4n) is 1.31. The molecule has 0 aliphatic carbocycles. The van der Waals surface area contributed by atoms with Crippen LogP contribution in [0.1, 0.15) is 24.8 Å². The van der Waals surface area contributed by atoms with Crippen molar-refractivity contribution in [2.75, 3.05) is 0 Å². The summed E-state index contributed by atoms with van der Waals surface area (Å²) >= 11 is 3.22. The van der Waals surface area contributed by atoms with E-state index in [1.165, 1.54) is 0 Å². The minimum atomic E-state index is -0.861. The SMILES string of the molecule is CC(CC(=O)O)c1ccc(Br)cc1O. The Kier molecular flexibility index (Phi) is 3.52. The van der Waals surface area contributed by atoms with Crippen molar-refractivity contribution >= 4 is 21.9 Å². The lowest BCUT2D eigenvalue weighted by Crippen LogP contribution is -2.02. The van der Waals surface area contributed by atoms with Crippen LogP contribution in [0.4, 0.5) is 0 Å². The Labute approximate surface area is 90.5 Å². The van der Waals surface area contributed by atoms with Gasteiger partial charge in [-0.3, -0.25) is 4.79 Å². The molecule has 1 atom stereocenters. The van der Waals surface area contributed by atoms with Gasteiger partial charge >= 0.3 is 5.97 Å². The topological polar surface area (TPSA) is 57.5 Å². The number of hydrogen-bond acceptors (Lipinski definition) is 2. The molecule has 0 aliphatic rings. The summed E-state index contributed by atoms with van der Waals surface area (Å²) in [6, 6.07) is 5.08. The Morgan fingerprint density at radius 2 is 2.21 bits per heavy atom. The van der Waals surface area contributed by atoms with Gasteiger partial charge in [0.25, 0.3) is 0 Å². The third-order valence-electron chi connectivity index (χ3n) is 2.00. The summed E-state index contributed by atoms with van der Waals surface area (Å²) < 4.78 is 0.779. The molecule has 0 bridgehead atoms. The Morgan fingerprint density at radius 1 is 1.57 bits per heavy atom. The van der Waals surface area contributed by atoms with E-state index in [9.17, 15) is 9.90 Å². The number of aromatic hydroxyl groups is 1. The van der Waals surface area contributed by atoms with Gasteiger partial charge < -0.3 is 10.2 Å². The number of halogens is 1. The summed E-state index contributed by atoms with van der Waals surface area (Å²) in [6.45, 7) is 1.77. The molecule has 2 N–H and O–H groups in total. The molecule has 76 valence electrons. The van der Waals surface area contributed by atoms with Gasteiger partial charge in [0.1, 0.15) is 5.75 Å². The van der Waals surface area contributed by atoms with Crippen molar-refractivity contribution in [2.24, 2.45) is 0 Å². The van der Waals surface area contributed by atoms with Crippen LogP contribution in [0, 0.1) is 0 Å². The van der Waals surface area contributed by atoms with Crippen molar-refractivity contribution in [3.05, 3.63) is 28.2 Å². The molecule has 0 heterocycles. The van der Waals surface area contributed by atoms with E-state index in [0.29, 0.717) is 5.56 Å². The third kappa shape index (κ3) is 2.73. The fraction of sp³-hybridized carbons (Fsp3) is 0.300. The Balaban J connectivity index is 2.90. The lowest BCUT2D eigenvalue weighted by Gasteiger charge is -2.11. The van der Waals surface area contributed by atoms with Gasteiger partial charge in [0.15, 0.2) is 0 Å². The van der Waals surface area contributed by atoms with Gasteiger partial charge in [-0.15, -0.1) is 0 Å². The van der Waals surface area contributed by atoms with Crippen LogP contribution in [0.15, 0.2) is 22.7 Å². The molecule has 0 spiro atoms. The molecule has 1 rings (SSSR count). The highest BCUT2D eigenvalue weighted by Crippen LogP contribution is 2.30. The molecule has 14 heavy (non-hydrogen) atoms. The highest BCUT2D eigenvalue weighted by atomic mass is 79.9. The molecule has 0 amide bonds. The van der Waals surface area contributed by atoms with Crippen molar-refractivity contribution in [2.45, 2.75) is 19.3 Å². The van der Waals surface area contributed by atoms with E-state index in [-0.39, 0.29) is 18.1 Å². The summed E-state index contributed by atoms with van der Waals surface area (Å²) in [5.41, 5.74) is 0.663. The number of carbonyl (C=O) groups is 1. The molecule has 0 saturated heterocycles. The van der Waals surface area contributed by atoms with Crippen LogP contribution in [0.5, 0.6) is 5.75 Å². The first kappa shape index (κ1) is 11.0. The molecule has 3 nitrogen and oxygen atoms in total. The first-order valence-electron chi connectivity index (χ1n) is 4.21. The zero-order valence-corrected chi connectivity index (χ0v) is 9.28. The number of rotatable bonds is 3. The van der Waals surface area contributed by atoms with Crippen LogP contribution in [-0.2, 0) is 4.79 Å². The monoisotopic (exact) mass is 258 g/mol. The molecule has 1 aromatic rings. The number of phenolic OH excluding ortho intramolecular Hbond substituents is 1. The second kappa shape index (κ2) is 4.46. The van der Waals surface area contributed by atoms with Crippen LogP contribution in [0.2, 0.25) is 0 Å². The standard InChI is InChI=1S/C10H11BrO3/c1-6(4-10(13)14)8-3-2-7(11)5-9(8)12/h2-3,5-6,12H,4H2,1H3,(H,13,14). The highest BCUT2D eigenvalue weighted by molar-refractivity contribution is 9.10. The molecular formula is C10H11BrO3. The number of carboxylic acid groups (broad SMARTS) is 1. The van der Waals surface area contributed by atoms with Gasteiger partial charge in [0.05, 0.1) is 6.42 Å². The predicted octanol–water partition coefficient (Wildman–Crippen LogP) is 2.73. The smallest absolute Gasteiger partial charge is 0.303 e. The van der Waals surface area contributed by atoms with Crippen LogP contribution in [0.25, 0.3) is 0 Å². The van der Waals surface area contributed by atoms with Crippen LogP contribution >= 0.6 is 15.9 Å². The Hall–Kier alpha value is -1.03. The van der Waals surface area contributed by atoms with Crippen molar-refractivity contribution in [1.82, 2.24) is 0 Å². The van der Waals surface area contributed by atoms with Gasteiger partial charge in [-0.25, -0.2) is 0 Å². The van der Waals surface area contributed by atoms with Gasteiger partial charge in [0, 0.05) is 4.47 Å². The maximum atomic E-state index is 10.5. The summed E-state index contributed by atoms with van der Waals surface area (Å²) in [5, 5.41) is 18.2. The van der Waals surface area contributed by atoms with E-state index in [1.807, 2.05) is 0 Å². The summed E-state index contributed by atoms with van der Waals surface area (Å²) in [4.78, 5) is 10.5. The largest absolute Gasteiger partial charge is 0.508 e. The number of hydrogen-bond donors (Lipinski definition) is 2. The van der Waals surface area contributed by atoms with Gasteiger partial charge in [0.2, 0.25) is 0 Å². The highest BCUT2D eigenvalue weighted by Gasteiger charge is 2.13. The molecule has 1 aromatic carbocycles. The maximum absolute atomic E-state index is 10.5. The van der Waals surface area contributed by atoms with E-state index in [4.69, 9.17) is 5.11 Å². The molecular weight excluding hydrogens is 248 g/mol. The average Bonchev–Trinajstić information content (AvgIpc) is 2.01. The second-order valence-corrected chi connectivity index (χ2v) is 4.12. The first-order chi connectivity index (χ1) is 6.50. The van der Waals surface area contributed by atoms with Crippen LogP contribution < -0.4 is 0 Å². The first-order valence-corrected chi connectivity index (χ1v) is 5.00. The fourth-order valence-corrected chi connectivity index (χ4v) is 1.65. The normalized spacial score (nSPS) is 12.4. The Bertz CT molecular complexity index is 349. The molecule has 0 saturated carbocycles. The zero-order chi connectivity index (χ0) is 10.7. The molecule has 0 radical (unpaired) electrons. The van der Waals surface area contributed by atoms with E-state index < -0.39 is 5.97 Å². The lowest BCUT2D eigenvalue weighted by molar-refractivity contribution is -0.137. The molecule has 0 fully saturated rings. The average molecular weight is 259 g/mol. The quantitative estimate of drug-likeness (QED) is 0.877. The Morgan fingerprint density at radius 3 is 2.71 bits per heavy atom. The maximum Gasteiger partial charge on any atom is 0.303 e. The summed E-state index contributed by atoms with van der Waals surface area (Å²) in [5.74, 6) is -0.909. The van der Waals surface area contributed by atoms with Gasteiger partial charge in [-0.05, 0) is 23.6 Å². The third-order valence-corrected chi connectivity index (χ3v) is 2.50. The van der Waals surface area contributed by atoms with E-state index >= 15 is 0 Å². The van der Waals surface area contributed by atoms with Crippen molar-refractivity contribution in [3.8, 4) is 5.75 Å². The van der Waals surface area contributed by atoms with Gasteiger partial charge in [-0.2, -0.15) is 0 Å². The number of phenols is 1. The minimum Gasteiger partial charge on any atom is -0.508 e. The predicted molar refractivity (Wildman–Crippen MR) is 56.5 cm³/mol. The number of benzene rings is 1. The van der Waals surface area contributed by atoms with E-state index in [1.54, 1.807) is 25.1 Å². The van der Waals surface area contributed by atoms with Crippen molar-refractivity contribution < 1.29 is 15.0 Å². The minimum absolute atomic E-state index is 0.0230. The molecule has 4 heteroatoms. The van der Waals surface area contributed by atoms with Crippen molar-refractivity contribution in [3.63, 3.8) is 0 Å². The second-order valence-electron chi connectivity index (χ2n) is 3.20. The van der Waals surface area contributed by atoms with Crippen LogP contribution in [0.3, 0.4) is 0 Å². The van der Waals surface area contributed by atoms with E-state index in [2.05, 4.69) is 15.9 Å². The van der Waals surface area contributed by atoms with E-state index in [0.717, 1.165) is 4.47 Å². The zero-order valence-electron chi connectivity index (χ0n) is 7.70. The number of aliphatic carboxylic acids is 1. The summed E-state index contributed by atoms with van der Waals surface area (Å²) in [7, 11) is 0. The molecule has 1 unspecified atom stereocenters. The molecule has 0 aliphatic heterocycles. The van der Waals surface area contributed by atoms with Gasteiger partial charge in [-0.1, -0.05) is 28.9 Å². The molecule has 0 aromatic heterocycles. The van der Waals surface area contributed by atoms with Crippen molar-refractivity contribution in [1.29, 1.82) is 0 Å².